The molecule has 1 aliphatic heterocycles. The fraction of sp³-hybridized carbons (Fsp3) is 0.600. The molecule has 0 spiro atoms. The molecule has 1 amide bonds. The average Bonchev–Trinajstić information content (AvgIpc) is 1.77. The first-order chi connectivity index (χ1) is 3.80. The van der Waals surface area contributed by atoms with Gasteiger partial charge in [-0.1, -0.05) is 0 Å². The Bertz CT molecular complexity index is 130. The van der Waals surface area contributed by atoms with Crippen LogP contribution >= 0.6 is 0 Å². The van der Waals surface area contributed by atoms with Gasteiger partial charge in [-0.25, -0.2) is 0 Å². The van der Waals surface area contributed by atoms with Crippen LogP contribution in [0.25, 0.3) is 0 Å². The predicted molar refractivity (Wildman–Crippen MR) is 29.7 cm³/mol. The molecule has 0 atom stereocenters. The third-order valence-electron chi connectivity index (χ3n) is 1.03. The molecule has 3 heteroatoms. The van der Waals surface area contributed by atoms with Gasteiger partial charge in [0.1, 0.15) is 0 Å². The summed E-state index contributed by atoms with van der Waals surface area (Å²) in [6.45, 7) is 0.600. The maximum Gasteiger partial charge on any atom is 0.229 e. The molecular weight excluding hydrogens is 104 g/mol. The van der Waals surface area contributed by atoms with Crippen molar-refractivity contribution in [1.82, 2.24) is 4.90 Å². The summed E-state index contributed by atoms with van der Waals surface area (Å²) in [6.07, 6.45) is 3.07. The summed E-state index contributed by atoms with van der Waals surface area (Å²) in [4.78, 5) is 15.7. The third-order valence-corrected chi connectivity index (χ3v) is 1.03. The molecule has 1 aliphatic rings. The average molecular weight is 111 g/mol. The lowest BCUT2D eigenvalue weighted by Crippen LogP contribution is -2.28. The number of nitrogens with zero attached hydrogens (tertiary/aromatic N) is 2. The number of carbonyl (C=O) groups excluding carboxylic acids is 1. The second kappa shape index (κ2) is 1.94. The summed E-state index contributed by atoms with van der Waals surface area (Å²) in [5, 5.41) is 0. The van der Waals surface area contributed by atoms with E-state index in [1.165, 1.54) is 4.90 Å². The minimum Gasteiger partial charge on any atom is -0.297 e. The first kappa shape index (κ1) is 5.28. The van der Waals surface area contributed by atoms with Gasteiger partial charge in [0, 0.05) is 13.5 Å². The molecule has 0 aromatic carbocycles. The summed E-state index contributed by atoms with van der Waals surface area (Å²) in [7, 11) is 1.66. The third kappa shape index (κ3) is 0.857. The number of hydrogen-bond acceptors (Lipinski definition) is 2. The molecule has 0 fully saturated rings. The molecule has 1 rings (SSSR count). The smallest absolute Gasteiger partial charge is 0.229 e. The van der Waals surface area contributed by atoms with E-state index in [1.54, 1.807) is 7.05 Å². The molecule has 0 unspecified atom stereocenters. The van der Waals surface area contributed by atoms with Gasteiger partial charge >= 0.3 is 0 Å². The van der Waals surface area contributed by atoms with Crippen molar-refractivity contribution in [3.05, 3.63) is 0 Å². The highest BCUT2D eigenvalue weighted by Crippen LogP contribution is 1.93. The number of aliphatic imine (C=N–C) groups is 1. The lowest BCUT2D eigenvalue weighted by atomic mass is 10.3. The van der Waals surface area contributed by atoms with Crippen LogP contribution in [-0.4, -0.2) is 30.7 Å². The van der Waals surface area contributed by atoms with E-state index in [0.29, 0.717) is 13.0 Å². The summed E-state index contributed by atoms with van der Waals surface area (Å²) in [5.41, 5.74) is 0. The summed E-state index contributed by atoms with van der Waals surface area (Å²) in [6, 6.07) is 0. The second-order valence-electron chi connectivity index (χ2n) is 1.68. The van der Waals surface area contributed by atoms with E-state index in [2.05, 4.69) is 11.3 Å². The lowest BCUT2D eigenvalue weighted by molar-refractivity contribution is -0.126. The van der Waals surface area contributed by atoms with Crippen LogP contribution in [0.2, 0.25) is 0 Å². The fourth-order valence-corrected chi connectivity index (χ4v) is 0.531. The number of amides is 1. The van der Waals surface area contributed by atoms with Crippen molar-refractivity contribution >= 4 is 12.2 Å². The SMILES string of the molecule is CN1[C]=NCCC1=O. The highest BCUT2D eigenvalue weighted by atomic mass is 16.2. The highest BCUT2D eigenvalue weighted by Gasteiger charge is 2.09. The molecule has 0 saturated heterocycles. The Balaban J connectivity index is 2.60. The summed E-state index contributed by atoms with van der Waals surface area (Å²) in [5.74, 6) is 0.0972. The zero-order valence-corrected chi connectivity index (χ0v) is 4.72. The number of carbonyl (C=O) groups is 1. The molecule has 1 radical (unpaired) electrons. The zero-order chi connectivity index (χ0) is 5.98. The van der Waals surface area contributed by atoms with Gasteiger partial charge in [0.2, 0.25) is 5.91 Å². The summed E-state index contributed by atoms with van der Waals surface area (Å²) >= 11 is 0. The minimum atomic E-state index is 0.0972. The van der Waals surface area contributed by atoms with Gasteiger partial charge in [-0.2, -0.15) is 0 Å². The van der Waals surface area contributed by atoms with Gasteiger partial charge < -0.3 is 0 Å². The molecule has 0 N–H and O–H groups in total. The Labute approximate surface area is 48.0 Å². The quantitative estimate of drug-likeness (QED) is 0.424. The van der Waals surface area contributed by atoms with E-state index in [1.807, 2.05) is 0 Å². The van der Waals surface area contributed by atoms with Gasteiger partial charge in [0.05, 0.1) is 6.54 Å². The standard InChI is InChI=1S/C5H7N2O/c1-7-4-6-3-2-5(7)8/h2-3H2,1H3. The molecular formula is C5H7N2O. The van der Waals surface area contributed by atoms with E-state index in [4.69, 9.17) is 0 Å². The van der Waals surface area contributed by atoms with E-state index in [-0.39, 0.29) is 5.91 Å². The molecule has 3 nitrogen and oxygen atoms in total. The number of rotatable bonds is 0. The molecule has 0 saturated carbocycles. The summed E-state index contributed by atoms with van der Waals surface area (Å²) < 4.78 is 0. The topological polar surface area (TPSA) is 32.7 Å². The Morgan fingerprint density at radius 3 is 3.00 bits per heavy atom. The molecule has 1 heterocycles. The van der Waals surface area contributed by atoms with Crippen LogP contribution in [-0.2, 0) is 4.79 Å². The number of hydrogen-bond donors (Lipinski definition) is 0. The Kier molecular flexibility index (Phi) is 1.28. The van der Waals surface area contributed by atoms with Crippen molar-refractivity contribution in [3.8, 4) is 0 Å². The first-order valence-electron chi connectivity index (χ1n) is 2.49. The Morgan fingerprint density at radius 2 is 2.62 bits per heavy atom. The van der Waals surface area contributed by atoms with Crippen LogP contribution in [0, 0.1) is 0 Å². The van der Waals surface area contributed by atoms with Crippen molar-refractivity contribution < 1.29 is 4.79 Å². The van der Waals surface area contributed by atoms with Crippen molar-refractivity contribution in [2.24, 2.45) is 4.99 Å². The van der Waals surface area contributed by atoms with Gasteiger partial charge in [-0.3, -0.25) is 14.7 Å². The van der Waals surface area contributed by atoms with Crippen LogP contribution in [0.15, 0.2) is 4.99 Å². The normalized spacial score (nSPS) is 19.6. The van der Waals surface area contributed by atoms with Gasteiger partial charge in [0.25, 0.3) is 0 Å². The van der Waals surface area contributed by atoms with Crippen LogP contribution < -0.4 is 0 Å². The molecule has 0 bridgehead atoms. The van der Waals surface area contributed by atoms with E-state index >= 15 is 0 Å². The Hall–Kier alpha value is -0.860. The zero-order valence-electron chi connectivity index (χ0n) is 4.72. The first-order valence-corrected chi connectivity index (χ1v) is 2.49. The highest BCUT2D eigenvalue weighted by molar-refractivity contribution is 5.89. The van der Waals surface area contributed by atoms with E-state index in [9.17, 15) is 4.79 Å². The van der Waals surface area contributed by atoms with Gasteiger partial charge in [-0.05, 0) is 0 Å². The second-order valence-corrected chi connectivity index (χ2v) is 1.68. The molecule has 0 aromatic rings. The maximum atomic E-state index is 10.6. The van der Waals surface area contributed by atoms with Crippen molar-refractivity contribution in [3.63, 3.8) is 0 Å². The van der Waals surface area contributed by atoms with Crippen LogP contribution in [0.5, 0.6) is 0 Å². The van der Waals surface area contributed by atoms with E-state index in [0.717, 1.165) is 0 Å². The maximum absolute atomic E-state index is 10.6. The van der Waals surface area contributed by atoms with Crippen LogP contribution in [0.4, 0.5) is 0 Å². The van der Waals surface area contributed by atoms with Crippen LogP contribution in [0.1, 0.15) is 6.42 Å². The minimum absolute atomic E-state index is 0.0972. The molecule has 0 aromatic heterocycles. The van der Waals surface area contributed by atoms with Crippen LogP contribution in [0.3, 0.4) is 0 Å². The molecule has 8 heavy (non-hydrogen) atoms. The monoisotopic (exact) mass is 111 g/mol. The lowest BCUT2D eigenvalue weighted by Gasteiger charge is -2.12. The molecule has 0 aliphatic carbocycles. The Morgan fingerprint density at radius 1 is 1.88 bits per heavy atom. The van der Waals surface area contributed by atoms with Gasteiger partial charge in [0.15, 0.2) is 6.34 Å². The molecule has 43 valence electrons. The largest absolute Gasteiger partial charge is 0.297 e. The fourth-order valence-electron chi connectivity index (χ4n) is 0.531. The predicted octanol–water partition coefficient (Wildman–Crippen LogP) is -0.246. The van der Waals surface area contributed by atoms with Crippen molar-refractivity contribution in [2.45, 2.75) is 6.42 Å². The van der Waals surface area contributed by atoms with Gasteiger partial charge in [-0.15, -0.1) is 0 Å². The van der Waals surface area contributed by atoms with Crippen molar-refractivity contribution in [2.75, 3.05) is 13.6 Å². The van der Waals surface area contributed by atoms with E-state index < -0.39 is 0 Å². The van der Waals surface area contributed by atoms with Crippen molar-refractivity contribution in [1.29, 1.82) is 0 Å².